The molecule has 0 aliphatic carbocycles. The minimum Gasteiger partial charge on any atom is -0.481 e. The van der Waals surface area contributed by atoms with Crippen LogP contribution in [0.1, 0.15) is 25.1 Å². The Hall–Kier alpha value is -2.81. The van der Waals surface area contributed by atoms with Crippen LogP contribution in [-0.4, -0.2) is 27.3 Å². The fourth-order valence-electron chi connectivity index (χ4n) is 3.38. The predicted molar refractivity (Wildman–Crippen MR) is 111 cm³/mol. The van der Waals surface area contributed by atoms with Crippen LogP contribution in [0.25, 0.3) is 11.4 Å². The second kappa shape index (κ2) is 8.91. The lowest BCUT2D eigenvalue weighted by Crippen LogP contribution is -2.21. The summed E-state index contributed by atoms with van der Waals surface area (Å²) in [6, 6.07) is 8.65. The Labute approximate surface area is 180 Å². The van der Waals surface area contributed by atoms with Crippen molar-refractivity contribution >= 4 is 27.5 Å². The second-order valence-corrected chi connectivity index (χ2v) is 7.92. The molecule has 0 unspecified atom stereocenters. The molecule has 156 valence electrons. The number of aryl methyl sites for hydroxylation is 1. The highest BCUT2D eigenvalue weighted by Crippen LogP contribution is 2.27. The second-order valence-electron chi connectivity index (χ2n) is 7.01. The zero-order valence-electron chi connectivity index (χ0n) is 16.0. The number of nitrogens with one attached hydrogen (secondary N) is 1. The fraction of sp³-hybridized carbons (Fsp3) is 0.286. The summed E-state index contributed by atoms with van der Waals surface area (Å²) in [5.41, 5.74) is 0.663. The number of carbonyl (C=O) groups is 1. The van der Waals surface area contributed by atoms with Crippen molar-refractivity contribution in [1.82, 2.24) is 14.8 Å². The Bertz CT molecular complexity index is 1090. The van der Waals surface area contributed by atoms with Crippen LogP contribution in [0.15, 0.2) is 40.9 Å². The van der Waals surface area contributed by atoms with Crippen LogP contribution in [-0.2, 0) is 17.8 Å². The zero-order valence-corrected chi connectivity index (χ0v) is 17.6. The molecule has 30 heavy (non-hydrogen) atoms. The van der Waals surface area contributed by atoms with Crippen LogP contribution in [0, 0.1) is 11.6 Å². The SMILES string of the molecule is O=C(COc1ccc(Br)cc1F)Nc1cc(-c2nnc3n2CCCCC3)ccc1F. The van der Waals surface area contributed by atoms with Gasteiger partial charge in [-0.2, -0.15) is 0 Å². The molecular weight excluding hydrogens is 458 g/mol. The number of halogens is 3. The number of aromatic nitrogens is 3. The third kappa shape index (κ3) is 4.51. The Morgan fingerprint density at radius 3 is 2.80 bits per heavy atom. The third-order valence-corrected chi connectivity index (χ3v) is 5.35. The first-order valence-electron chi connectivity index (χ1n) is 9.61. The summed E-state index contributed by atoms with van der Waals surface area (Å²) >= 11 is 3.15. The van der Waals surface area contributed by atoms with Gasteiger partial charge in [0, 0.05) is 23.0 Å². The molecule has 3 aromatic rings. The summed E-state index contributed by atoms with van der Waals surface area (Å²) in [7, 11) is 0. The largest absolute Gasteiger partial charge is 0.481 e. The van der Waals surface area contributed by atoms with E-state index >= 15 is 0 Å². The van der Waals surface area contributed by atoms with E-state index in [1.165, 1.54) is 24.3 Å². The maximum absolute atomic E-state index is 14.3. The van der Waals surface area contributed by atoms with Crippen LogP contribution in [0.4, 0.5) is 14.5 Å². The summed E-state index contributed by atoms with van der Waals surface area (Å²) < 4.78 is 35.9. The standard InChI is InChI=1S/C21H19BrF2N4O2/c22-14-6-8-18(16(24)11-14)30-12-20(29)25-17-10-13(5-7-15(17)23)21-27-26-19-4-2-1-3-9-28(19)21/h5-8,10-11H,1-4,9,12H2,(H,25,29). The highest BCUT2D eigenvalue weighted by atomic mass is 79.9. The molecule has 2 aromatic carbocycles. The van der Waals surface area contributed by atoms with E-state index in [-0.39, 0.29) is 11.4 Å². The molecule has 0 radical (unpaired) electrons. The van der Waals surface area contributed by atoms with Gasteiger partial charge in [0.1, 0.15) is 11.6 Å². The molecule has 6 nitrogen and oxygen atoms in total. The number of anilines is 1. The molecule has 2 heterocycles. The van der Waals surface area contributed by atoms with Gasteiger partial charge in [-0.15, -0.1) is 10.2 Å². The fourth-order valence-corrected chi connectivity index (χ4v) is 3.71. The van der Waals surface area contributed by atoms with E-state index in [2.05, 4.69) is 31.4 Å². The summed E-state index contributed by atoms with van der Waals surface area (Å²) in [4.78, 5) is 12.2. The van der Waals surface area contributed by atoms with E-state index in [1.54, 1.807) is 12.1 Å². The number of carbonyl (C=O) groups excluding carboxylic acids is 1. The van der Waals surface area contributed by atoms with Gasteiger partial charge in [0.2, 0.25) is 0 Å². The lowest BCUT2D eigenvalue weighted by atomic mass is 10.1. The molecule has 4 rings (SSSR count). The minimum atomic E-state index is -0.603. The molecule has 0 spiro atoms. The first-order chi connectivity index (χ1) is 14.5. The van der Waals surface area contributed by atoms with Crippen molar-refractivity contribution in [2.45, 2.75) is 32.2 Å². The van der Waals surface area contributed by atoms with E-state index in [0.29, 0.717) is 15.9 Å². The zero-order chi connectivity index (χ0) is 21.1. The van der Waals surface area contributed by atoms with Gasteiger partial charge < -0.3 is 14.6 Å². The lowest BCUT2D eigenvalue weighted by molar-refractivity contribution is -0.118. The lowest BCUT2D eigenvalue weighted by Gasteiger charge is -2.11. The van der Waals surface area contributed by atoms with E-state index in [1.807, 2.05) is 4.57 Å². The van der Waals surface area contributed by atoms with Crippen LogP contribution in [0.2, 0.25) is 0 Å². The van der Waals surface area contributed by atoms with Gasteiger partial charge >= 0.3 is 0 Å². The van der Waals surface area contributed by atoms with Crippen LogP contribution in [0.5, 0.6) is 5.75 Å². The summed E-state index contributed by atoms with van der Waals surface area (Å²) in [5, 5.41) is 11.0. The average molecular weight is 477 g/mol. The normalized spacial score (nSPS) is 13.4. The molecule has 0 fully saturated rings. The first-order valence-corrected chi connectivity index (χ1v) is 10.4. The third-order valence-electron chi connectivity index (χ3n) is 4.86. The van der Waals surface area contributed by atoms with Crippen LogP contribution < -0.4 is 10.1 Å². The number of nitrogens with zero attached hydrogens (tertiary/aromatic N) is 3. The number of rotatable bonds is 5. The smallest absolute Gasteiger partial charge is 0.262 e. The highest BCUT2D eigenvalue weighted by Gasteiger charge is 2.18. The first kappa shape index (κ1) is 20.5. The quantitative estimate of drug-likeness (QED) is 0.577. The van der Waals surface area contributed by atoms with E-state index in [9.17, 15) is 13.6 Å². The van der Waals surface area contributed by atoms with Gasteiger partial charge in [-0.1, -0.05) is 22.4 Å². The van der Waals surface area contributed by atoms with Crippen molar-refractivity contribution in [3.63, 3.8) is 0 Å². The average Bonchev–Trinajstić information content (AvgIpc) is 2.97. The number of hydrogen-bond acceptors (Lipinski definition) is 4. The Morgan fingerprint density at radius 1 is 1.10 bits per heavy atom. The van der Waals surface area contributed by atoms with Crippen molar-refractivity contribution < 1.29 is 18.3 Å². The van der Waals surface area contributed by atoms with E-state index < -0.39 is 24.1 Å². The Balaban J connectivity index is 1.48. The summed E-state index contributed by atoms with van der Waals surface area (Å²) in [6.45, 7) is 0.353. The van der Waals surface area contributed by atoms with Crippen molar-refractivity contribution in [2.24, 2.45) is 0 Å². The molecule has 1 amide bonds. The summed E-state index contributed by atoms with van der Waals surface area (Å²) in [5.74, 6) is -0.282. The van der Waals surface area contributed by atoms with Gasteiger partial charge in [0.25, 0.3) is 5.91 Å². The molecule has 9 heteroatoms. The van der Waals surface area contributed by atoms with E-state index in [4.69, 9.17) is 4.74 Å². The molecule has 0 saturated carbocycles. The number of amides is 1. The van der Waals surface area contributed by atoms with Crippen molar-refractivity contribution in [1.29, 1.82) is 0 Å². The van der Waals surface area contributed by atoms with Crippen molar-refractivity contribution in [2.75, 3.05) is 11.9 Å². The van der Waals surface area contributed by atoms with Gasteiger partial charge in [-0.25, -0.2) is 8.78 Å². The number of fused-ring (bicyclic) bond motifs is 1. The molecule has 0 saturated heterocycles. The van der Waals surface area contributed by atoms with Gasteiger partial charge in [0.15, 0.2) is 24.0 Å². The van der Waals surface area contributed by atoms with Crippen molar-refractivity contribution in [3.05, 3.63) is 58.3 Å². The molecular formula is C21H19BrF2N4O2. The molecule has 1 aromatic heterocycles. The van der Waals surface area contributed by atoms with Crippen molar-refractivity contribution in [3.8, 4) is 17.1 Å². The summed E-state index contributed by atoms with van der Waals surface area (Å²) in [6.07, 6.45) is 4.10. The highest BCUT2D eigenvalue weighted by molar-refractivity contribution is 9.10. The maximum Gasteiger partial charge on any atom is 0.262 e. The monoisotopic (exact) mass is 476 g/mol. The number of hydrogen-bond donors (Lipinski definition) is 1. The van der Waals surface area contributed by atoms with Gasteiger partial charge in [0.05, 0.1) is 5.69 Å². The maximum atomic E-state index is 14.3. The minimum absolute atomic E-state index is 0.00310. The molecule has 1 aliphatic rings. The number of ether oxygens (including phenoxy) is 1. The van der Waals surface area contributed by atoms with Crippen LogP contribution in [0.3, 0.4) is 0 Å². The molecule has 0 atom stereocenters. The molecule has 0 bridgehead atoms. The van der Waals surface area contributed by atoms with Crippen LogP contribution >= 0.6 is 15.9 Å². The number of benzene rings is 2. The Morgan fingerprint density at radius 2 is 1.97 bits per heavy atom. The molecule has 1 aliphatic heterocycles. The molecule has 1 N–H and O–H groups in total. The van der Waals surface area contributed by atoms with Gasteiger partial charge in [-0.05, 0) is 49.2 Å². The predicted octanol–water partition coefficient (Wildman–Crippen LogP) is 4.73. The van der Waals surface area contributed by atoms with Gasteiger partial charge in [-0.3, -0.25) is 4.79 Å². The Kier molecular flexibility index (Phi) is 6.08. The van der Waals surface area contributed by atoms with E-state index in [0.717, 1.165) is 38.1 Å². The topological polar surface area (TPSA) is 69.0 Å².